The molecule has 0 unspecified atom stereocenters. The van der Waals surface area contributed by atoms with Crippen molar-refractivity contribution in [3.8, 4) is 5.75 Å². The standard InChI is InChI=1S/C14H17N3O/c1-18-14-5-7-16-13-3-2-10(8-12(13)14)17-11-4-6-15-9-11/h2-3,5,7-8,11,15,17H,4,6,9H2,1H3/t11-/m1/s1. The lowest BCUT2D eigenvalue weighted by atomic mass is 10.1. The summed E-state index contributed by atoms with van der Waals surface area (Å²) in [7, 11) is 1.69. The number of rotatable bonds is 3. The van der Waals surface area contributed by atoms with Gasteiger partial charge in [-0.15, -0.1) is 0 Å². The number of methoxy groups -OCH3 is 1. The van der Waals surface area contributed by atoms with E-state index in [2.05, 4.69) is 27.8 Å². The molecule has 3 rings (SSSR count). The number of nitrogens with one attached hydrogen (secondary N) is 2. The third-order valence-corrected chi connectivity index (χ3v) is 3.35. The zero-order valence-electron chi connectivity index (χ0n) is 10.4. The molecule has 1 saturated heterocycles. The first-order valence-corrected chi connectivity index (χ1v) is 6.27. The summed E-state index contributed by atoms with van der Waals surface area (Å²) in [5, 5.41) is 7.94. The Morgan fingerprint density at radius 3 is 3.11 bits per heavy atom. The summed E-state index contributed by atoms with van der Waals surface area (Å²) in [5.41, 5.74) is 2.09. The van der Waals surface area contributed by atoms with E-state index in [1.165, 1.54) is 6.42 Å². The van der Waals surface area contributed by atoms with Gasteiger partial charge in [0.25, 0.3) is 0 Å². The van der Waals surface area contributed by atoms with Gasteiger partial charge in [0, 0.05) is 29.9 Å². The van der Waals surface area contributed by atoms with Crippen LogP contribution in [-0.4, -0.2) is 31.2 Å². The van der Waals surface area contributed by atoms with Crippen molar-refractivity contribution in [3.63, 3.8) is 0 Å². The van der Waals surface area contributed by atoms with Crippen molar-refractivity contribution in [3.05, 3.63) is 30.5 Å². The van der Waals surface area contributed by atoms with Crippen LogP contribution in [0, 0.1) is 0 Å². The fraction of sp³-hybridized carbons (Fsp3) is 0.357. The highest BCUT2D eigenvalue weighted by Gasteiger charge is 2.14. The monoisotopic (exact) mass is 243 g/mol. The molecule has 94 valence electrons. The van der Waals surface area contributed by atoms with Crippen molar-refractivity contribution < 1.29 is 4.74 Å². The topological polar surface area (TPSA) is 46.2 Å². The molecule has 0 spiro atoms. The van der Waals surface area contributed by atoms with Crippen molar-refractivity contribution in [1.82, 2.24) is 10.3 Å². The Labute approximate surface area is 106 Å². The summed E-state index contributed by atoms with van der Waals surface area (Å²) < 4.78 is 5.37. The number of ether oxygens (including phenoxy) is 1. The first kappa shape index (κ1) is 11.3. The maximum atomic E-state index is 5.37. The summed E-state index contributed by atoms with van der Waals surface area (Å²) in [6.45, 7) is 2.12. The van der Waals surface area contributed by atoms with Crippen LogP contribution in [0.3, 0.4) is 0 Å². The van der Waals surface area contributed by atoms with Gasteiger partial charge in [-0.05, 0) is 37.2 Å². The van der Waals surface area contributed by atoms with E-state index in [1.807, 2.05) is 12.1 Å². The molecule has 4 heteroatoms. The van der Waals surface area contributed by atoms with E-state index in [0.717, 1.165) is 35.4 Å². The minimum Gasteiger partial charge on any atom is -0.496 e. The molecule has 0 saturated carbocycles. The van der Waals surface area contributed by atoms with E-state index in [9.17, 15) is 0 Å². The number of nitrogens with zero attached hydrogens (tertiary/aromatic N) is 1. The normalized spacial score (nSPS) is 19.1. The van der Waals surface area contributed by atoms with Crippen LogP contribution in [0.2, 0.25) is 0 Å². The largest absolute Gasteiger partial charge is 0.496 e. The molecule has 0 radical (unpaired) electrons. The predicted octanol–water partition coefficient (Wildman–Crippen LogP) is 2.02. The van der Waals surface area contributed by atoms with Crippen LogP contribution in [0.15, 0.2) is 30.5 Å². The Balaban J connectivity index is 1.93. The zero-order valence-corrected chi connectivity index (χ0v) is 10.4. The Hall–Kier alpha value is -1.81. The van der Waals surface area contributed by atoms with Crippen LogP contribution in [-0.2, 0) is 0 Å². The third kappa shape index (κ3) is 2.11. The Morgan fingerprint density at radius 1 is 1.39 bits per heavy atom. The van der Waals surface area contributed by atoms with E-state index in [4.69, 9.17) is 4.74 Å². The molecule has 0 bridgehead atoms. The van der Waals surface area contributed by atoms with E-state index in [0.29, 0.717) is 6.04 Å². The molecule has 18 heavy (non-hydrogen) atoms. The molecule has 1 aliphatic rings. The highest BCUT2D eigenvalue weighted by molar-refractivity contribution is 5.87. The molecular formula is C14H17N3O. The molecule has 1 fully saturated rings. The van der Waals surface area contributed by atoms with Crippen LogP contribution in [0.25, 0.3) is 10.9 Å². The highest BCUT2D eigenvalue weighted by atomic mass is 16.5. The van der Waals surface area contributed by atoms with E-state index >= 15 is 0 Å². The van der Waals surface area contributed by atoms with Gasteiger partial charge >= 0.3 is 0 Å². The lowest BCUT2D eigenvalue weighted by Gasteiger charge is -2.14. The summed E-state index contributed by atoms with van der Waals surface area (Å²) in [4.78, 5) is 4.34. The molecule has 2 heterocycles. The zero-order chi connectivity index (χ0) is 12.4. The Kier molecular flexibility index (Phi) is 3.02. The second kappa shape index (κ2) is 4.82. The average Bonchev–Trinajstić information content (AvgIpc) is 2.91. The molecule has 1 aromatic heterocycles. The van der Waals surface area contributed by atoms with Gasteiger partial charge in [-0.2, -0.15) is 0 Å². The van der Waals surface area contributed by atoms with E-state index in [1.54, 1.807) is 13.3 Å². The van der Waals surface area contributed by atoms with Gasteiger partial charge in [0.1, 0.15) is 5.75 Å². The first-order valence-electron chi connectivity index (χ1n) is 6.27. The van der Waals surface area contributed by atoms with Gasteiger partial charge < -0.3 is 15.4 Å². The van der Waals surface area contributed by atoms with Gasteiger partial charge in [-0.1, -0.05) is 0 Å². The summed E-state index contributed by atoms with van der Waals surface area (Å²) in [5.74, 6) is 0.869. The molecule has 4 nitrogen and oxygen atoms in total. The number of anilines is 1. The molecule has 1 aromatic carbocycles. The van der Waals surface area contributed by atoms with Crippen LogP contribution < -0.4 is 15.4 Å². The number of aromatic nitrogens is 1. The maximum absolute atomic E-state index is 5.37. The minimum atomic E-state index is 0.519. The summed E-state index contributed by atoms with van der Waals surface area (Å²) >= 11 is 0. The molecule has 1 atom stereocenters. The molecular weight excluding hydrogens is 226 g/mol. The maximum Gasteiger partial charge on any atom is 0.129 e. The number of pyridine rings is 1. The van der Waals surface area contributed by atoms with Crippen LogP contribution in [0.1, 0.15) is 6.42 Å². The van der Waals surface area contributed by atoms with Crippen molar-refractivity contribution >= 4 is 16.6 Å². The van der Waals surface area contributed by atoms with Gasteiger partial charge in [-0.25, -0.2) is 0 Å². The molecule has 0 aliphatic carbocycles. The summed E-state index contributed by atoms with van der Waals surface area (Å²) in [6, 6.07) is 8.63. The Bertz CT molecular complexity index is 550. The molecule has 2 aromatic rings. The van der Waals surface area contributed by atoms with Crippen LogP contribution in [0.5, 0.6) is 5.75 Å². The quantitative estimate of drug-likeness (QED) is 0.865. The third-order valence-electron chi connectivity index (χ3n) is 3.35. The second-order valence-corrected chi connectivity index (χ2v) is 4.58. The number of fused-ring (bicyclic) bond motifs is 1. The smallest absolute Gasteiger partial charge is 0.129 e. The van der Waals surface area contributed by atoms with Crippen molar-refractivity contribution in [2.75, 3.05) is 25.5 Å². The van der Waals surface area contributed by atoms with E-state index < -0.39 is 0 Å². The van der Waals surface area contributed by atoms with Crippen molar-refractivity contribution in [1.29, 1.82) is 0 Å². The van der Waals surface area contributed by atoms with Crippen LogP contribution >= 0.6 is 0 Å². The fourth-order valence-corrected chi connectivity index (χ4v) is 2.40. The van der Waals surface area contributed by atoms with Crippen LogP contribution in [0.4, 0.5) is 5.69 Å². The molecule has 1 aliphatic heterocycles. The number of hydrogen-bond donors (Lipinski definition) is 2. The van der Waals surface area contributed by atoms with Gasteiger partial charge in [-0.3, -0.25) is 4.98 Å². The van der Waals surface area contributed by atoms with Gasteiger partial charge in [0.2, 0.25) is 0 Å². The second-order valence-electron chi connectivity index (χ2n) is 4.58. The number of benzene rings is 1. The van der Waals surface area contributed by atoms with Crippen molar-refractivity contribution in [2.45, 2.75) is 12.5 Å². The van der Waals surface area contributed by atoms with Gasteiger partial charge in [0.05, 0.1) is 12.6 Å². The van der Waals surface area contributed by atoms with Crippen molar-refractivity contribution in [2.24, 2.45) is 0 Å². The lowest BCUT2D eigenvalue weighted by Crippen LogP contribution is -2.21. The SMILES string of the molecule is COc1ccnc2ccc(N[C@@H]3CCNC3)cc12. The summed E-state index contributed by atoms with van der Waals surface area (Å²) in [6.07, 6.45) is 2.94. The van der Waals surface area contributed by atoms with E-state index in [-0.39, 0.29) is 0 Å². The predicted molar refractivity (Wildman–Crippen MR) is 73.2 cm³/mol. The van der Waals surface area contributed by atoms with Gasteiger partial charge in [0.15, 0.2) is 0 Å². The first-order chi connectivity index (χ1) is 8.86. The highest BCUT2D eigenvalue weighted by Crippen LogP contribution is 2.26. The number of hydrogen-bond acceptors (Lipinski definition) is 4. The lowest BCUT2D eigenvalue weighted by molar-refractivity contribution is 0.419. The molecule has 2 N–H and O–H groups in total. The minimum absolute atomic E-state index is 0.519. The average molecular weight is 243 g/mol. The molecule has 0 amide bonds. The Morgan fingerprint density at radius 2 is 2.33 bits per heavy atom. The fourth-order valence-electron chi connectivity index (χ4n) is 2.40.